The van der Waals surface area contributed by atoms with Gasteiger partial charge in [0.25, 0.3) is 0 Å². The lowest BCUT2D eigenvalue weighted by molar-refractivity contribution is 0.217. The lowest BCUT2D eigenvalue weighted by Gasteiger charge is -2.19. The topological polar surface area (TPSA) is 50.0 Å². The van der Waals surface area contributed by atoms with Gasteiger partial charge in [-0.1, -0.05) is 12.1 Å². The average Bonchev–Trinajstić information content (AvgIpc) is 2.78. The zero-order valence-electron chi connectivity index (χ0n) is 13.8. The number of aryl methyl sites for hydroxylation is 1. The van der Waals surface area contributed by atoms with Crippen LogP contribution in [0.25, 0.3) is 5.65 Å². The van der Waals surface area contributed by atoms with Crippen molar-refractivity contribution in [1.29, 1.82) is 0 Å². The minimum atomic E-state index is 0.0552. The lowest BCUT2D eigenvalue weighted by Crippen LogP contribution is -2.26. The smallest absolute Gasteiger partial charge is 0.137 e. The van der Waals surface area contributed by atoms with Crippen LogP contribution in [0.5, 0.6) is 5.75 Å². The summed E-state index contributed by atoms with van der Waals surface area (Å²) in [6, 6.07) is 12.0. The number of aliphatic hydroxyl groups is 1. The summed E-state index contributed by atoms with van der Waals surface area (Å²) in [5, 5.41) is 9.37. The van der Waals surface area contributed by atoms with Gasteiger partial charge in [-0.2, -0.15) is 0 Å². The molecule has 0 amide bonds. The first kappa shape index (κ1) is 15.2. The van der Waals surface area contributed by atoms with Gasteiger partial charge in [-0.25, -0.2) is 4.98 Å². The molecule has 0 bridgehead atoms. The van der Waals surface area contributed by atoms with Crippen LogP contribution in [0.3, 0.4) is 0 Å². The van der Waals surface area contributed by atoms with E-state index in [1.807, 2.05) is 36.4 Å². The van der Waals surface area contributed by atoms with E-state index in [0.29, 0.717) is 6.61 Å². The molecule has 0 saturated heterocycles. The van der Waals surface area contributed by atoms with Crippen LogP contribution in [0, 0.1) is 6.92 Å². The molecule has 3 heterocycles. The SMILES string of the molecule is Cc1nc2ccccn2c1CN1CCOc2ccc(CO)cc2C1. The number of nitrogens with zero attached hydrogens (tertiary/aromatic N) is 3. The van der Waals surface area contributed by atoms with Crippen molar-refractivity contribution in [3.05, 3.63) is 65.1 Å². The maximum Gasteiger partial charge on any atom is 0.137 e. The van der Waals surface area contributed by atoms with Crippen LogP contribution in [0.2, 0.25) is 0 Å². The van der Waals surface area contributed by atoms with Crippen LogP contribution in [0.15, 0.2) is 42.6 Å². The second-order valence-electron chi connectivity index (χ2n) is 6.23. The highest BCUT2D eigenvalue weighted by molar-refractivity contribution is 5.43. The molecule has 3 aromatic rings. The van der Waals surface area contributed by atoms with Crippen molar-refractivity contribution in [2.45, 2.75) is 26.6 Å². The van der Waals surface area contributed by atoms with Gasteiger partial charge in [-0.15, -0.1) is 0 Å². The van der Waals surface area contributed by atoms with Gasteiger partial charge in [-0.3, -0.25) is 4.90 Å². The zero-order chi connectivity index (χ0) is 16.5. The molecule has 1 N–H and O–H groups in total. The number of pyridine rings is 1. The van der Waals surface area contributed by atoms with Crippen LogP contribution in [0.1, 0.15) is 22.5 Å². The molecule has 24 heavy (non-hydrogen) atoms. The van der Waals surface area contributed by atoms with Gasteiger partial charge in [-0.05, 0) is 36.8 Å². The van der Waals surface area contributed by atoms with Crippen LogP contribution in [0.4, 0.5) is 0 Å². The third-order valence-electron chi connectivity index (χ3n) is 4.57. The van der Waals surface area contributed by atoms with E-state index < -0.39 is 0 Å². The molecular formula is C19H21N3O2. The number of hydrogen-bond acceptors (Lipinski definition) is 4. The van der Waals surface area contributed by atoms with Crippen molar-refractivity contribution in [2.24, 2.45) is 0 Å². The highest BCUT2D eigenvalue weighted by Crippen LogP contribution is 2.26. The van der Waals surface area contributed by atoms with Gasteiger partial charge in [0.05, 0.1) is 18.0 Å². The van der Waals surface area contributed by atoms with Gasteiger partial charge in [0, 0.05) is 31.4 Å². The zero-order valence-corrected chi connectivity index (χ0v) is 13.8. The molecular weight excluding hydrogens is 302 g/mol. The van der Waals surface area contributed by atoms with E-state index in [9.17, 15) is 5.11 Å². The summed E-state index contributed by atoms with van der Waals surface area (Å²) in [7, 11) is 0. The van der Waals surface area contributed by atoms with Crippen LogP contribution in [-0.2, 0) is 19.7 Å². The Kier molecular flexibility index (Phi) is 3.96. The molecule has 1 aliphatic rings. The molecule has 0 spiro atoms. The van der Waals surface area contributed by atoms with Gasteiger partial charge in [0.1, 0.15) is 18.0 Å². The first-order chi connectivity index (χ1) is 11.7. The summed E-state index contributed by atoms with van der Waals surface area (Å²) in [5.41, 5.74) is 5.32. The number of imidazole rings is 1. The summed E-state index contributed by atoms with van der Waals surface area (Å²) < 4.78 is 8.03. The van der Waals surface area contributed by atoms with Gasteiger partial charge < -0.3 is 14.2 Å². The number of hydrogen-bond donors (Lipinski definition) is 1. The Morgan fingerprint density at radius 3 is 3.04 bits per heavy atom. The Morgan fingerprint density at radius 1 is 1.25 bits per heavy atom. The Morgan fingerprint density at radius 2 is 2.17 bits per heavy atom. The maximum absolute atomic E-state index is 9.37. The van der Waals surface area contributed by atoms with Crippen LogP contribution in [-0.4, -0.2) is 32.5 Å². The minimum Gasteiger partial charge on any atom is -0.492 e. The van der Waals surface area contributed by atoms with Crippen molar-refractivity contribution < 1.29 is 9.84 Å². The fourth-order valence-electron chi connectivity index (χ4n) is 3.30. The lowest BCUT2D eigenvalue weighted by atomic mass is 10.1. The monoisotopic (exact) mass is 323 g/mol. The van der Waals surface area contributed by atoms with E-state index in [1.54, 1.807) is 0 Å². The van der Waals surface area contributed by atoms with Gasteiger partial charge >= 0.3 is 0 Å². The van der Waals surface area contributed by atoms with Crippen molar-refractivity contribution in [3.63, 3.8) is 0 Å². The van der Waals surface area contributed by atoms with Crippen LogP contribution >= 0.6 is 0 Å². The highest BCUT2D eigenvalue weighted by atomic mass is 16.5. The van der Waals surface area contributed by atoms with Crippen molar-refractivity contribution in [3.8, 4) is 5.75 Å². The Bertz CT molecular complexity index is 872. The van der Waals surface area contributed by atoms with E-state index in [2.05, 4.69) is 27.4 Å². The first-order valence-corrected chi connectivity index (χ1v) is 8.25. The number of aliphatic hydroxyl groups excluding tert-OH is 1. The third-order valence-corrected chi connectivity index (χ3v) is 4.57. The molecule has 0 saturated carbocycles. The number of ether oxygens (including phenoxy) is 1. The molecule has 2 aromatic heterocycles. The predicted octanol–water partition coefficient (Wildman–Crippen LogP) is 2.53. The molecule has 0 fully saturated rings. The van der Waals surface area contributed by atoms with Gasteiger partial charge in [0.2, 0.25) is 0 Å². The fourth-order valence-corrected chi connectivity index (χ4v) is 3.30. The minimum absolute atomic E-state index is 0.0552. The highest BCUT2D eigenvalue weighted by Gasteiger charge is 2.18. The molecule has 1 aromatic carbocycles. The van der Waals surface area contributed by atoms with Crippen molar-refractivity contribution in [2.75, 3.05) is 13.2 Å². The molecule has 0 radical (unpaired) electrons. The number of fused-ring (bicyclic) bond motifs is 2. The Labute approximate surface area is 141 Å². The van der Waals surface area contributed by atoms with Gasteiger partial charge in [0.15, 0.2) is 0 Å². The average molecular weight is 323 g/mol. The number of benzene rings is 1. The van der Waals surface area contributed by atoms with E-state index in [1.165, 1.54) is 5.69 Å². The largest absolute Gasteiger partial charge is 0.492 e. The fraction of sp³-hybridized carbons (Fsp3) is 0.316. The van der Waals surface area contributed by atoms with E-state index in [0.717, 1.165) is 47.9 Å². The molecule has 0 aliphatic carbocycles. The second kappa shape index (κ2) is 6.26. The molecule has 5 nitrogen and oxygen atoms in total. The third kappa shape index (κ3) is 2.77. The molecule has 0 atom stereocenters. The van der Waals surface area contributed by atoms with Crippen molar-refractivity contribution in [1.82, 2.24) is 14.3 Å². The summed E-state index contributed by atoms with van der Waals surface area (Å²) >= 11 is 0. The summed E-state index contributed by atoms with van der Waals surface area (Å²) in [6.07, 6.45) is 2.07. The van der Waals surface area contributed by atoms with E-state index >= 15 is 0 Å². The maximum atomic E-state index is 9.37. The predicted molar refractivity (Wildman–Crippen MR) is 91.9 cm³/mol. The molecule has 124 valence electrons. The van der Waals surface area contributed by atoms with E-state index in [4.69, 9.17) is 4.74 Å². The standard InChI is InChI=1S/C19H21N3O2/c1-14-17(22-7-3-2-4-19(22)20-14)12-21-8-9-24-18-6-5-15(13-23)10-16(18)11-21/h2-7,10,23H,8-9,11-13H2,1H3. The second-order valence-corrected chi connectivity index (χ2v) is 6.23. The summed E-state index contributed by atoms with van der Waals surface area (Å²) in [5.74, 6) is 0.921. The molecule has 1 aliphatic heterocycles. The normalized spacial score (nSPS) is 15.1. The Hall–Kier alpha value is -2.37. The summed E-state index contributed by atoms with van der Waals surface area (Å²) in [4.78, 5) is 7.02. The molecule has 4 rings (SSSR count). The summed E-state index contributed by atoms with van der Waals surface area (Å²) in [6.45, 7) is 5.28. The quantitative estimate of drug-likeness (QED) is 0.805. The number of aromatic nitrogens is 2. The van der Waals surface area contributed by atoms with Crippen molar-refractivity contribution >= 4 is 5.65 Å². The van der Waals surface area contributed by atoms with E-state index in [-0.39, 0.29) is 6.61 Å². The Balaban J connectivity index is 1.63. The molecule has 5 heteroatoms. The first-order valence-electron chi connectivity index (χ1n) is 8.25. The number of rotatable bonds is 3. The van der Waals surface area contributed by atoms with Crippen LogP contribution < -0.4 is 4.74 Å². The molecule has 0 unspecified atom stereocenters.